The van der Waals surface area contributed by atoms with Gasteiger partial charge in [-0.1, -0.05) is 0 Å². The molecule has 1 aliphatic carbocycles. The predicted molar refractivity (Wildman–Crippen MR) is 70.0 cm³/mol. The van der Waals surface area contributed by atoms with Crippen LogP contribution in [-0.2, 0) is 9.53 Å². The molecule has 98 valence electrons. The first-order valence-electron chi connectivity index (χ1n) is 6.34. The molecule has 0 aromatic heterocycles. The molecule has 0 aromatic carbocycles. The minimum absolute atomic E-state index is 0.0121. The molecule has 2 aliphatic rings. The Morgan fingerprint density at radius 2 is 2.35 bits per heavy atom. The zero-order chi connectivity index (χ0) is 12.3. The van der Waals surface area contributed by atoms with Crippen molar-refractivity contribution in [3.8, 4) is 0 Å². The van der Waals surface area contributed by atoms with E-state index in [1.54, 1.807) is 18.9 Å². The van der Waals surface area contributed by atoms with Crippen LogP contribution in [0.4, 0.5) is 0 Å². The average molecular weight is 258 g/mol. The first kappa shape index (κ1) is 13.2. The largest absolute Gasteiger partial charge is 0.383 e. The third-order valence-corrected chi connectivity index (χ3v) is 4.57. The molecule has 2 fully saturated rings. The lowest BCUT2D eigenvalue weighted by molar-refractivity contribution is -0.135. The Labute approximate surface area is 107 Å². The van der Waals surface area contributed by atoms with Gasteiger partial charge in [-0.15, -0.1) is 11.8 Å². The Balaban J connectivity index is 1.94. The monoisotopic (exact) mass is 258 g/mol. The van der Waals surface area contributed by atoms with E-state index in [2.05, 4.69) is 12.2 Å². The van der Waals surface area contributed by atoms with Crippen LogP contribution in [0.15, 0.2) is 0 Å². The molecule has 2 rings (SSSR count). The summed E-state index contributed by atoms with van der Waals surface area (Å²) in [6.45, 7) is 3.52. The average Bonchev–Trinajstić information content (AvgIpc) is 3.04. The number of hydrogen-bond donors (Lipinski definition) is 1. The van der Waals surface area contributed by atoms with Crippen LogP contribution in [-0.4, -0.2) is 54.8 Å². The molecule has 0 radical (unpaired) electrons. The molecule has 1 aliphatic heterocycles. The lowest BCUT2D eigenvalue weighted by Gasteiger charge is -2.31. The van der Waals surface area contributed by atoms with Crippen LogP contribution in [0.2, 0.25) is 0 Å². The minimum Gasteiger partial charge on any atom is -0.383 e. The summed E-state index contributed by atoms with van der Waals surface area (Å²) in [5, 5.41) is 3.26. The van der Waals surface area contributed by atoms with Gasteiger partial charge < -0.3 is 9.64 Å². The maximum absolute atomic E-state index is 12.4. The lowest BCUT2D eigenvalue weighted by Crippen LogP contribution is -2.50. The summed E-state index contributed by atoms with van der Waals surface area (Å²) in [6.07, 6.45) is 2.54. The Morgan fingerprint density at radius 3 is 2.88 bits per heavy atom. The zero-order valence-electron chi connectivity index (χ0n) is 10.6. The summed E-state index contributed by atoms with van der Waals surface area (Å²) in [6, 6.07) is 0.378. The van der Waals surface area contributed by atoms with E-state index in [4.69, 9.17) is 4.74 Å². The van der Waals surface area contributed by atoms with Gasteiger partial charge >= 0.3 is 0 Å². The van der Waals surface area contributed by atoms with Crippen LogP contribution in [0.25, 0.3) is 0 Å². The van der Waals surface area contributed by atoms with Crippen LogP contribution >= 0.6 is 11.8 Å². The van der Waals surface area contributed by atoms with Crippen LogP contribution in [0.3, 0.4) is 0 Å². The summed E-state index contributed by atoms with van der Waals surface area (Å²) in [4.78, 5) is 14.4. The van der Waals surface area contributed by atoms with E-state index in [0.29, 0.717) is 18.6 Å². The number of carbonyl (C=O) groups excluding carboxylic acids is 1. The fourth-order valence-electron chi connectivity index (χ4n) is 2.29. The first-order chi connectivity index (χ1) is 8.24. The van der Waals surface area contributed by atoms with Crippen molar-refractivity contribution in [1.29, 1.82) is 0 Å². The van der Waals surface area contributed by atoms with Crippen molar-refractivity contribution in [2.45, 2.75) is 31.8 Å². The zero-order valence-corrected chi connectivity index (χ0v) is 11.5. The third-order valence-electron chi connectivity index (χ3n) is 3.63. The normalized spacial score (nSPS) is 25.9. The highest BCUT2D eigenvalue weighted by Gasteiger charge is 2.37. The summed E-state index contributed by atoms with van der Waals surface area (Å²) in [5.74, 6) is 2.77. The maximum Gasteiger partial charge on any atom is 0.240 e. The van der Waals surface area contributed by atoms with Crippen LogP contribution in [0, 0.1) is 5.92 Å². The van der Waals surface area contributed by atoms with Gasteiger partial charge in [0.25, 0.3) is 0 Å². The molecule has 0 spiro atoms. The van der Waals surface area contributed by atoms with Crippen molar-refractivity contribution in [3.05, 3.63) is 0 Å². The fraction of sp³-hybridized carbons (Fsp3) is 0.917. The smallest absolute Gasteiger partial charge is 0.240 e. The van der Waals surface area contributed by atoms with E-state index in [9.17, 15) is 4.79 Å². The molecule has 0 bridgehead atoms. The van der Waals surface area contributed by atoms with E-state index in [0.717, 1.165) is 18.2 Å². The molecule has 17 heavy (non-hydrogen) atoms. The van der Waals surface area contributed by atoms with Crippen molar-refractivity contribution < 1.29 is 9.53 Å². The molecule has 2 atom stereocenters. The van der Waals surface area contributed by atoms with E-state index < -0.39 is 0 Å². The maximum atomic E-state index is 12.4. The number of rotatable bonds is 6. The number of carbonyl (C=O) groups is 1. The van der Waals surface area contributed by atoms with Crippen molar-refractivity contribution in [2.75, 3.05) is 31.9 Å². The molecule has 1 amide bonds. The van der Waals surface area contributed by atoms with E-state index >= 15 is 0 Å². The first-order valence-corrected chi connectivity index (χ1v) is 7.50. The number of nitrogens with zero attached hydrogens (tertiary/aromatic N) is 1. The second-order valence-electron chi connectivity index (χ2n) is 4.87. The number of nitrogens with one attached hydrogen (secondary N) is 1. The molecule has 0 aromatic rings. The Morgan fingerprint density at radius 1 is 1.59 bits per heavy atom. The molecule has 2 unspecified atom stereocenters. The molecule has 4 nitrogen and oxygen atoms in total. The minimum atomic E-state index is 0.0121. The summed E-state index contributed by atoms with van der Waals surface area (Å²) in [7, 11) is 1.69. The highest BCUT2D eigenvalue weighted by Crippen LogP contribution is 2.35. The van der Waals surface area contributed by atoms with Crippen molar-refractivity contribution in [2.24, 2.45) is 5.92 Å². The molecular formula is C12H22N2O2S. The van der Waals surface area contributed by atoms with Gasteiger partial charge in [0.05, 0.1) is 12.6 Å². The number of thioether (sulfide) groups is 1. The fourth-order valence-corrected chi connectivity index (χ4v) is 3.22. The van der Waals surface area contributed by atoms with Crippen LogP contribution in [0.5, 0.6) is 0 Å². The van der Waals surface area contributed by atoms with Crippen LogP contribution in [0.1, 0.15) is 19.8 Å². The highest BCUT2D eigenvalue weighted by atomic mass is 32.2. The predicted octanol–water partition coefficient (Wildman–Crippen LogP) is 0.922. The Hall–Kier alpha value is -0.260. The summed E-state index contributed by atoms with van der Waals surface area (Å²) in [5.41, 5.74) is 0. The second kappa shape index (κ2) is 6.07. The molecule has 1 saturated carbocycles. The van der Waals surface area contributed by atoms with Gasteiger partial charge in [0, 0.05) is 31.3 Å². The van der Waals surface area contributed by atoms with Crippen LogP contribution < -0.4 is 5.32 Å². The molecule has 1 heterocycles. The van der Waals surface area contributed by atoms with Gasteiger partial charge in [0.2, 0.25) is 5.91 Å². The van der Waals surface area contributed by atoms with E-state index in [1.165, 1.54) is 12.8 Å². The van der Waals surface area contributed by atoms with Gasteiger partial charge in [0.15, 0.2) is 0 Å². The van der Waals surface area contributed by atoms with E-state index in [-0.39, 0.29) is 11.9 Å². The molecule has 1 saturated heterocycles. The summed E-state index contributed by atoms with van der Waals surface area (Å²) < 4.78 is 5.12. The van der Waals surface area contributed by atoms with Gasteiger partial charge in [-0.05, 0) is 25.7 Å². The van der Waals surface area contributed by atoms with Gasteiger partial charge in [-0.25, -0.2) is 0 Å². The van der Waals surface area contributed by atoms with Gasteiger partial charge in [-0.3, -0.25) is 10.1 Å². The number of hydrogen-bond acceptors (Lipinski definition) is 4. The standard InChI is InChI=1S/C12H22N2O2S/c1-9(10-3-4-10)14(5-6-16-2)12(15)11-7-17-8-13-11/h9-11,13H,3-8H2,1-2H3. The third kappa shape index (κ3) is 3.36. The van der Waals surface area contributed by atoms with Crippen molar-refractivity contribution in [1.82, 2.24) is 10.2 Å². The number of ether oxygens (including phenoxy) is 1. The topological polar surface area (TPSA) is 41.6 Å². The lowest BCUT2D eigenvalue weighted by atomic mass is 10.1. The molecular weight excluding hydrogens is 236 g/mol. The molecule has 1 N–H and O–H groups in total. The van der Waals surface area contributed by atoms with E-state index in [1.807, 2.05) is 4.90 Å². The van der Waals surface area contributed by atoms with Gasteiger partial charge in [0.1, 0.15) is 0 Å². The van der Waals surface area contributed by atoms with Crippen molar-refractivity contribution in [3.63, 3.8) is 0 Å². The summed E-state index contributed by atoms with van der Waals surface area (Å²) >= 11 is 1.80. The number of amides is 1. The second-order valence-corrected chi connectivity index (χ2v) is 5.90. The van der Waals surface area contributed by atoms with Crippen molar-refractivity contribution >= 4 is 17.7 Å². The Bertz CT molecular complexity index is 265. The Kier molecular flexibility index (Phi) is 4.70. The van der Waals surface area contributed by atoms with Gasteiger partial charge in [-0.2, -0.15) is 0 Å². The number of methoxy groups -OCH3 is 1. The molecule has 5 heteroatoms. The highest BCUT2D eigenvalue weighted by molar-refractivity contribution is 7.99. The quantitative estimate of drug-likeness (QED) is 0.769. The SMILES string of the molecule is COCCN(C(=O)C1CSCN1)C(C)C1CC1.